The molecule has 0 radical (unpaired) electrons. The SMILES string of the molecule is Cc1cc(N(C)CCC(C)C)ccc1CO. The summed E-state index contributed by atoms with van der Waals surface area (Å²) in [6.45, 7) is 7.74. The summed E-state index contributed by atoms with van der Waals surface area (Å²) in [7, 11) is 2.12. The molecule has 1 N–H and O–H groups in total. The van der Waals surface area contributed by atoms with Crippen LogP contribution >= 0.6 is 0 Å². The van der Waals surface area contributed by atoms with Crippen LogP contribution in [0.1, 0.15) is 31.4 Å². The zero-order valence-electron chi connectivity index (χ0n) is 10.8. The lowest BCUT2D eigenvalue weighted by Gasteiger charge is -2.21. The number of nitrogens with zero attached hydrogens (tertiary/aromatic N) is 1. The summed E-state index contributed by atoms with van der Waals surface area (Å²) in [5.74, 6) is 0.736. The van der Waals surface area contributed by atoms with Crippen LogP contribution in [0.3, 0.4) is 0 Å². The summed E-state index contributed by atoms with van der Waals surface area (Å²) in [6, 6.07) is 6.24. The van der Waals surface area contributed by atoms with E-state index < -0.39 is 0 Å². The van der Waals surface area contributed by atoms with Gasteiger partial charge in [0.25, 0.3) is 0 Å². The predicted molar refractivity (Wildman–Crippen MR) is 69.8 cm³/mol. The van der Waals surface area contributed by atoms with Crippen molar-refractivity contribution in [2.75, 3.05) is 18.5 Å². The van der Waals surface area contributed by atoms with Crippen LogP contribution in [0, 0.1) is 12.8 Å². The average molecular weight is 221 g/mol. The molecule has 0 fully saturated rings. The van der Waals surface area contributed by atoms with Gasteiger partial charge in [-0.2, -0.15) is 0 Å². The van der Waals surface area contributed by atoms with Crippen molar-refractivity contribution in [2.24, 2.45) is 5.92 Å². The van der Waals surface area contributed by atoms with E-state index in [1.165, 1.54) is 12.1 Å². The van der Waals surface area contributed by atoms with Crippen LogP contribution in [0.25, 0.3) is 0 Å². The van der Waals surface area contributed by atoms with Gasteiger partial charge >= 0.3 is 0 Å². The molecular formula is C14H23NO. The number of benzene rings is 1. The third-order valence-electron chi connectivity index (χ3n) is 2.98. The Morgan fingerprint density at radius 1 is 1.31 bits per heavy atom. The zero-order chi connectivity index (χ0) is 12.1. The largest absolute Gasteiger partial charge is 0.392 e. The molecule has 0 saturated heterocycles. The van der Waals surface area contributed by atoms with Crippen LogP contribution in [0.15, 0.2) is 18.2 Å². The summed E-state index contributed by atoms with van der Waals surface area (Å²) in [4.78, 5) is 2.27. The van der Waals surface area contributed by atoms with Gasteiger partial charge in [-0.25, -0.2) is 0 Å². The first kappa shape index (κ1) is 13.0. The van der Waals surface area contributed by atoms with Crippen molar-refractivity contribution in [3.63, 3.8) is 0 Å². The summed E-state index contributed by atoms with van der Waals surface area (Å²) in [5.41, 5.74) is 3.41. The molecule has 0 heterocycles. The standard InChI is InChI=1S/C14H23NO/c1-11(2)7-8-15(4)14-6-5-13(10-16)12(3)9-14/h5-6,9,11,16H,7-8,10H2,1-4H3. The number of aliphatic hydroxyl groups is 1. The van der Waals surface area contributed by atoms with Crippen LogP contribution in [0.2, 0.25) is 0 Å². The topological polar surface area (TPSA) is 23.5 Å². The maximum absolute atomic E-state index is 9.11. The molecule has 0 unspecified atom stereocenters. The highest BCUT2D eigenvalue weighted by Gasteiger charge is 2.04. The minimum Gasteiger partial charge on any atom is -0.392 e. The summed E-state index contributed by atoms with van der Waals surface area (Å²) in [6.07, 6.45) is 1.21. The van der Waals surface area contributed by atoms with Crippen molar-refractivity contribution in [3.05, 3.63) is 29.3 Å². The van der Waals surface area contributed by atoms with Gasteiger partial charge in [0.15, 0.2) is 0 Å². The van der Waals surface area contributed by atoms with Gasteiger partial charge in [0.1, 0.15) is 0 Å². The van der Waals surface area contributed by atoms with E-state index in [0.29, 0.717) is 0 Å². The summed E-state index contributed by atoms with van der Waals surface area (Å²) >= 11 is 0. The second-order valence-corrected chi connectivity index (χ2v) is 4.87. The third kappa shape index (κ3) is 3.53. The molecule has 0 saturated carbocycles. The van der Waals surface area contributed by atoms with Crippen molar-refractivity contribution >= 4 is 5.69 Å². The molecule has 1 aromatic carbocycles. The molecule has 0 aliphatic heterocycles. The van der Waals surface area contributed by atoms with E-state index in [4.69, 9.17) is 5.11 Å². The first-order valence-electron chi connectivity index (χ1n) is 5.96. The minimum atomic E-state index is 0.127. The van der Waals surface area contributed by atoms with E-state index >= 15 is 0 Å². The van der Waals surface area contributed by atoms with Gasteiger partial charge in [-0.3, -0.25) is 0 Å². The van der Waals surface area contributed by atoms with E-state index in [-0.39, 0.29) is 6.61 Å². The van der Waals surface area contributed by atoms with Crippen molar-refractivity contribution in [1.82, 2.24) is 0 Å². The Morgan fingerprint density at radius 3 is 2.50 bits per heavy atom. The molecule has 0 aliphatic carbocycles. The third-order valence-corrected chi connectivity index (χ3v) is 2.98. The quantitative estimate of drug-likeness (QED) is 0.826. The normalized spacial score (nSPS) is 10.9. The van der Waals surface area contributed by atoms with E-state index in [9.17, 15) is 0 Å². The second kappa shape index (κ2) is 5.90. The molecule has 0 spiro atoms. The Kier molecular flexibility index (Phi) is 4.81. The molecule has 90 valence electrons. The molecule has 16 heavy (non-hydrogen) atoms. The van der Waals surface area contributed by atoms with Gasteiger partial charge in [0.05, 0.1) is 6.61 Å². The molecule has 2 nitrogen and oxygen atoms in total. The molecule has 2 heteroatoms. The first-order valence-corrected chi connectivity index (χ1v) is 5.96. The minimum absolute atomic E-state index is 0.127. The number of aliphatic hydroxyl groups excluding tert-OH is 1. The van der Waals surface area contributed by atoms with Crippen LogP contribution < -0.4 is 4.90 Å². The molecule has 0 aromatic heterocycles. The van der Waals surface area contributed by atoms with E-state index in [1.54, 1.807) is 0 Å². The molecule has 0 atom stereocenters. The van der Waals surface area contributed by atoms with E-state index in [2.05, 4.69) is 37.9 Å². The fourth-order valence-electron chi connectivity index (χ4n) is 1.68. The number of anilines is 1. The smallest absolute Gasteiger partial charge is 0.0684 e. The lowest BCUT2D eigenvalue weighted by atomic mass is 10.1. The van der Waals surface area contributed by atoms with E-state index in [0.717, 1.165) is 23.6 Å². The number of rotatable bonds is 5. The van der Waals surface area contributed by atoms with Crippen molar-refractivity contribution in [2.45, 2.75) is 33.8 Å². The summed E-state index contributed by atoms with van der Waals surface area (Å²) < 4.78 is 0. The lowest BCUT2D eigenvalue weighted by Crippen LogP contribution is -2.20. The maximum Gasteiger partial charge on any atom is 0.0684 e. The number of aryl methyl sites for hydroxylation is 1. The summed E-state index contributed by atoms with van der Waals surface area (Å²) in [5, 5.41) is 9.11. The Bertz CT molecular complexity index is 334. The van der Waals surface area contributed by atoms with Gasteiger partial charge in [0, 0.05) is 19.3 Å². The zero-order valence-corrected chi connectivity index (χ0v) is 10.8. The fourth-order valence-corrected chi connectivity index (χ4v) is 1.68. The Balaban J connectivity index is 2.69. The first-order chi connectivity index (χ1) is 7.54. The highest BCUT2D eigenvalue weighted by Crippen LogP contribution is 2.19. The Hall–Kier alpha value is -1.02. The van der Waals surface area contributed by atoms with Gasteiger partial charge in [-0.1, -0.05) is 19.9 Å². The van der Waals surface area contributed by atoms with Crippen LogP contribution in [-0.2, 0) is 6.61 Å². The van der Waals surface area contributed by atoms with Crippen molar-refractivity contribution in [1.29, 1.82) is 0 Å². The predicted octanol–water partition coefficient (Wildman–Crippen LogP) is 2.97. The Labute approximate surface area is 98.9 Å². The Morgan fingerprint density at radius 2 is 2.00 bits per heavy atom. The number of hydrogen-bond donors (Lipinski definition) is 1. The molecule has 0 aliphatic rings. The van der Waals surface area contributed by atoms with Crippen molar-refractivity contribution in [3.8, 4) is 0 Å². The monoisotopic (exact) mass is 221 g/mol. The average Bonchev–Trinajstić information content (AvgIpc) is 2.25. The van der Waals surface area contributed by atoms with Crippen LogP contribution in [0.5, 0.6) is 0 Å². The highest BCUT2D eigenvalue weighted by molar-refractivity contribution is 5.50. The molecule has 1 aromatic rings. The van der Waals surface area contributed by atoms with E-state index in [1.807, 2.05) is 13.0 Å². The molecule has 0 bridgehead atoms. The second-order valence-electron chi connectivity index (χ2n) is 4.87. The van der Waals surface area contributed by atoms with Gasteiger partial charge < -0.3 is 10.0 Å². The molecule has 1 rings (SSSR count). The maximum atomic E-state index is 9.11. The van der Waals surface area contributed by atoms with Crippen LogP contribution in [-0.4, -0.2) is 18.7 Å². The molecular weight excluding hydrogens is 198 g/mol. The number of hydrogen-bond acceptors (Lipinski definition) is 2. The highest BCUT2D eigenvalue weighted by atomic mass is 16.3. The fraction of sp³-hybridized carbons (Fsp3) is 0.571. The van der Waals surface area contributed by atoms with Gasteiger partial charge in [-0.05, 0) is 42.5 Å². The molecule has 0 amide bonds. The van der Waals surface area contributed by atoms with Crippen LogP contribution in [0.4, 0.5) is 5.69 Å². The lowest BCUT2D eigenvalue weighted by molar-refractivity contribution is 0.281. The van der Waals surface area contributed by atoms with Gasteiger partial charge in [-0.15, -0.1) is 0 Å². The van der Waals surface area contributed by atoms with Gasteiger partial charge in [0.2, 0.25) is 0 Å². The van der Waals surface area contributed by atoms with Crippen molar-refractivity contribution < 1.29 is 5.11 Å².